The molecule has 0 saturated carbocycles. The van der Waals surface area contributed by atoms with E-state index < -0.39 is 0 Å². The molecule has 0 aliphatic rings. The Balaban J connectivity index is 1.91. The van der Waals surface area contributed by atoms with Crippen LogP contribution in [0.5, 0.6) is 0 Å². The van der Waals surface area contributed by atoms with E-state index >= 15 is 0 Å². The summed E-state index contributed by atoms with van der Waals surface area (Å²) in [6, 6.07) is 4.20. The Morgan fingerprint density at radius 1 is 1.42 bits per heavy atom. The topological polar surface area (TPSA) is 58.6 Å². The molecule has 0 aliphatic heterocycles. The molecule has 0 amide bonds. The lowest BCUT2D eigenvalue weighted by molar-refractivity contribution is 0.392. The first kappa shape index (κ1) is 18.1. The number of guanidine groups is 1. The van der Waals surface area contributed by atoms with E-state index in [0.29, 0.717) is 0 Å². The van der Waals surface area contributed by atoms with Crippen LogP contribution in [0, 0.1) is 13.8 Å². The average Bonchev–Trinajstić information content (AvgIpc) is 3.09. The molecular weight excluding hydrogens is 302 g/mol. The largest absolute Gasteiger partial charge is 0.361 e. The van der Waals surface area contributed by atoms with E-state index in [-0.39, 0.29) is 0 Å². The maximum Gasteiger partial charge on any atom is 0.194 e. The van der Waals surface area contributed by atoms with Crippen molar-refractivity contribution in [3.05, 3.63) is 41.0 Å². The van der Waals surface area contributed by atoms with Crippen molar-refractivity contribution in [2.45, 2.75) is 40.2 Å². The molecule has 0 bridgehead atoms. The molecule has 1 N–H and O–H groups in total. The van der Waals surface area contributed by atoms with Crippen molar-refractivity contribution < 1.29 is 4.52 Å². The summed E-state index contributed by atoms with van der Waals surface area (Å²) in [5.74, 6) is 1.86. The molecule has 0 atom stereocenters. The molecule has 0 radical (unpaired) electrons. The fourth-order valence-corrected chi connectivity index (χ4v) is 2.75. The van der Waals surface area contributed by atoms with Crippen molar-refractivity contribution in [2.75, 3.05) is 20.1 Å². The lowest BCUT2D eigenvalue weighted by Crippen LogP contribution is -2.38. The predicted molar refractivity (Wildman–Crippen MR) is 97.2 cm³/mol. The van der Waals surface area contributed by atoms with Crippen molar-refractivity contribution in [1.29, 1.82) is 0 Å². The van der Waals surface area contributed by atoms with Crippen LogP contribution in [0.25, 0.3) is 0 Å². The third kappa shape index (κ3) is 4.63. The Labute approximate surface area is 144 Å². The first-order valence-electron chi connectivity index (χ1n) is 8.54. The molecule has 0 saturated heterocycles. The van der Waals surface area contributed by atoms with Gasteiger partial charge < -0.3 is 19.3 Å². The summed E-state index contributed by atoms with van der Waals surface area (Å²) in [6.45, 7) is 8.53. The zero-order valence-corrected chi connectivity index (χ0v) is 15.5. The van der Waals surface area contributed by atoms with E-state index in [0.717, 1.165) is 49.9 Å². The highest BCUT2D eigenvalue weighted by atomic mass is 16.5. The van der Waals surface area contributed by atoms with Gasteiger partial charge in [0.25, 0.3) is 0 Å². The van der Waals surface area contributed by atoms with E-state index in [1.807, 2.05) is 13.8 Å². The molecular formula is C18H29N5O. The Morgan fingerprint density at radius 2 is 2.21 bits per heavy atom. The second-order valence-corrected chi connectivity index (χ2v) is 6.11. The molecule has 0 spiro atoms. The quantitative estimate of drug-likeness (QED) is 0.481. The molecule has 0 fully saturated rings. The maximum absolute atomic E-state index is 5.21. The molecule has 0 aliphatic carbocycles. The van der Waals surface area contributed by atoms with Gasteiger partial charge in [0.05, 0.1) is 12.2 Å². The van der Waals surface area contributed by atoms with Crippen LogP contribution in [0.3, 0.4) is 0 Å². The van der Waals surface area contributed by atoms with Crippen LogP contribution in [-0.4, -0.2) is 40.7 Å². The average molecular weight is 331 g/mol. The van der Waals surface area contributed by atoms with Crippen molar-refractivity contribution in [3.8, 4) is 0 Å². The van der Waals surface area contributed by atoms with Crippen LogP contribution in [0.15, 0.2) is 27.8 Å². The maximum atomic E-state index is 5.21. The molecule has 132 valence electrons. The monoisotopic (exact) mass is 331 g/mol. The van der Waals surface area contributed by atoms with Gasteiger partial charge in [0, 0.05) is 44.6 Å². The van der Waals surface area contributed by atoms with Crippen LogP contribution >= 0.6 is 0 Å². The van der Waals surface area contributed by atoms with Crippen LogP contribution in [0.2, 0.25) is 0 Å². The number of aliphatic imine (C=N–C) groups is 1. The standard InChI is InChI=1S/C18H29N5O/c1-6-19-18(23(5)13-16-9-8-12-22(16)4)20-11-7-10-17-14(2)21-24-15(17)3/h8-9,12H,6-7,10-11,13H2,1-5H3,(H,19,20). The fraction of sp³-hybridized carbons (Fsp3) is 0.556. The summed E-state index contributed by atoms with van der Waals surface area (Å²) in [5, 5.41) is 7.37. The lowest BCUT2D eigenvalue weighted by atomic mass is 10.1. The minimum Gasteiger partial charge on any atom is -0.361 e. The van der Waals surface area contributed by atoms with Gasteiger partial charge in [0.15, 0.2) is 5.96 Å². The van der Waals surface area contributed by atoms with Gasteiger partial charge in [-0.1, -0.05) is 5.16 Å². The fourth-order valence-electron chi connectivity index (χ4n) is 2.75. The summed E-state index contributed by atoms with van der Waals surface area (Å²) >= 11 is 0. The molecule has 2 aromatic heterocycles. The zero-order chi connectivity index (χ0) is 17.5. The Morgan fingerprint density at radius 3 is 2.79 bits per heavy atom. The van der Waals surface area contributed by atoms with E-state index in [2.05, 4.69) is 59.3 Å². The molecule has 0 aromatic carbocycles. The second kappa shape index (κ2) is 8.57. The molecule has 6 nitrogen and oxygen atoms in total. The predicted octanol–water partition coefficient (Wildman–Crippen LogP) is 2.66. The highest BCUT2D eigenvalue weighted by Gasteiger charge is 2.10. The normalized spacial score (nSPS) is 11.8. The SMILES string of the molecule is CCNC(=NCCCc1c(C)noc1C)N(C)Cc1cccn1C. The second-order valence-electron chi connectivity index (χ2n) is 6.11. The van der Waals surface area contributed by atoms with E-state index in [1.54, 1.807) is 0 Å². The number of hydrogen-bond acceptors (Lipinski definition) is 3. The number of hydrogen-bond donors (Lipinski definition) is 1. The summed E-state index contributed by atoms with van der Waals surface area (Å²) < 4.78 is 7.35. The molecule has 6 heteroatoms. The number of rotatable bonds is 7. The number of aryl methyl sites for hydroxylation is 3. The zero-order valence-electron chi connectivity index (χ0n) is 15.5. The highest BCUT2D eigenvalue weighted by Crippen LogP contribution is 2.14. The number of nitrogens with zero attached hydrogens (tertiary/aromatic N) is 4. The smallest absolute Gasteiger partial charge is 0.194 e. The minimum absolute atomic E-state index is 0.782. The van der Waals surface area contributed by atoms with E-state index in [9.17, 15) is 0 Å². The van der Waals surface area contributed by atoms with E-state index in [1.165, 1.54) is 11.3 Å². The van der Waals surface area contributed by atoms with Gasteiger partial charge in [-0.2, -0.15) is 0 Å². The van der Waals surface area contributed by atoms with Gasteiger partial charge in [-0.25, -0.2) is 0 Å². The highest BCUT2D eigenvalue weighted by molar-refractivity contribution is 5.79. The minimum atomic E-state index is 0.782. The Bertz CT molecular complexity index is 651. The van der Waals surface area contributed by atoms with Gasteiger partial charge in [0.1, 0.15) is 5.76 Å². The summed E-state index contributed by atoms with van der Waals surface area (Å²) in [7, 11) is 4.14. The van der Waals surface area contributed by atoms with Gasteiger partial charge in [-0.05, 0) is 45.7 Å². The first-order chi connectivity index (χ1) is 11.5. The Hall–Kier alpha value is -2.24. The Kier molecular flexibility index (Phi) is 6.46. The van der Waals surface area contributed by atoms with Crippen LogP contribution in [-0.2, 0) is 20.0 Å². The van der Waals surface area contributed by atoms with Crippen molar-refractivity contribution in [2.24, 2.45) is 12.0 Å². The molecule has 2 aromatic rings. The first-order valence-corrected chi connectivity index (χ1v) is 8.54. The van der Waals surface area contributed by atoms with Gasteiger partial charge in [-0.3, -0.25) is 4.99 Å². The molecule has 24 heavy (non-hydrogen) atoms. The third-order valence-corrected chi connectivity index (χ3v) is 4.17. The van der Waals surface area contributed by atoms with Crippen molar-refractivity contribution >= 4 is 5.96 Å². The lowest BCUT2D eigenvalue weighted by Gasteiger charge is -2.22. The van der Waals surface area contributed by atoms with Crippen LogP contribution in [0.4, 0.5) is 0 Å². The van der Waals surface area contributed by atoms with Crippen LogP contribution < -0.4 is 5.32 Å². The van der Waals surface area contributed by atoms with Gasteiger partial charge >= 0.3 is 0 Å². The molecule has 2 rings (SSSR count). The van der Waals surface area contributed by atoms with Crippen LogP contribution in [0.1, 0.15) is 36.1 Å². The van der Waals surface area contributed by atoms with E-state index in [4.69, 9.17) is 9.52 Å². The van der Waals surface area contributed by atoms with Crippen molar-refractivity contribution in [1.82, 2.24) is 19.9 Å². The summed E-state index contributed by atoms with van der Waals surface area (Å²) in [5.41, 5.74) is 3.47. The molecule has 2 heterocycles. The third-order valence-electron chi connectivity index (χ3n) is 4.17. The summed E-state index contributed by atoms with van der Waals surface area (Å²) in [6.07, 6.45) is 4.00. The number of aromatic nitrogens is 2. The van der Waals surface area contributed by atoms with Gasteiger partial charge in [0.2, 0.25) is 0 Å². The molecule has 0 unspecified atom stereocenters. The number of nitrogens with one attached hydrogen (secondary N) is 1. The summed E-state index contributed by atoms with van der Waals surface area (Å²) in [4.78, 5) is 6.91. The van der Waals surface area contributed by atoms with Crippen molar-refractivity contribution in [3.63, 3.8) is 0 Å². The van der Waals surface area contributed by atoms with Gasteiger partial charge in [-0.15, -0.1) is 0 Å².